The van der Waals surface area contributed by atoms with Crippen LogP contribution < -0.4 is 53.2 Å². The predicted octanol–water partition coefficient (Wildman–Crippen LogP) is -6.87. The van der Waals surface area contributed by atoms with Crippen LogP contribution in [0.25, 0.3) is 0 Å². The summed E-state index contributed by atoms with van der Waals surface area (Å²) in [5, 5.41) is 20.5. The summed E-state index contributed by atoms with van der Waals surface area (Å²) in [5.41, 5.74) is -1.05. The summed E-state index contributed by atoms with van der Waals surface area (Å²) in [6, 6.07) is 3.23. The van der Waals surface area contributed by atoms with E-state index in [1.54, 1.807) is 0 Å². The van der Waals surface area contributed by atoms with Crippen LogP contribution in [0.15, 0.2) is 24.3 Å². The maximum atomic E-state index is 12.0. The smallest absolute Gasteiger partial charge is 0.889 e. The molecule has 1 rings (SSSR count). The molecule has 1 aromatic carbocycles. The van der Waals surface area contributed by atoms with Crippen LogP contribution in [0.5, 0.6) is 0 Å². The second-order valence-corrected chi connectivity index (χ2v) is 2.45. The molecule has 1 aromatic rings. The van der Waals surface area contributed by atoms with Crippen molar-refractivity contribution in [3.63, 3.8) is 0 Å². The molecule has 0 atom stereocenters. The maximum absolute atomic E-state index is 12.0. The van der Waals surface area contributed by atoms with Gasteiger partial charge in [-0.1, -0.05) is 31.4 Å². The average Bonchev–Trinajstić information content (AvgIpc) is 2.03. The van der Waals surface area contributed by atoms with E-state index in [9.17, 15) is 23.2 Å². The van der Waals surface area contributed by atoms with Gasteiger partial charge in [-0.05, 0) is 0 Å². The van der Waals surface area contributed by atoms with Gasteiger partial charge in [0.1, 0.15) is 0 Å². The summed E-state index contributed by atoms with van der Waals surface area (Å²) in [6.07, 6.45) is -4.43. The zero-order valence-electron chi connectivity index (χ0n) is 8.34. The Kier molecular flexibility index (Phi) is 7.86. The monoisotopic (exact) mass is 202 g/mol. The minimum absolute atomic E-state index is 0. The van der Waals surface area contributed by atoms with Crippen LogP contribution in [-0.2, 0) is 6.18 Å². The van der Waals surface area contributed by atoms with E-state index in [2.05, 4.69) is 0 Å². The van der Waals surface area contributed by atoms with Crippen molar-refractivity contribution in [3.8, 4) is 0 Å². The van der Waals surface area contributed by atoms with E-state index in [4.69, 9.17) is 0 Å². The Hall–Kier alpha value is 0.190. The Bertz CT molecular complexity index is 289. The summed E-state index contributed by atoms with van der Waals surface area (Å²) in [7, 11) is -2.23. The second-order valence-electron chi connectivity index (χ2n) is 2.45. The number of hydrogen-bond acceptors (Lipinski definition) is 2. The van der Waals surface area contributed by atoms with Crippen molar-refractivity contribution in [2.24, 2.45) is 0 Å². The molecular formula is C7H4BF3Li2O2. The van der Waals surface area contributed by atoms with Crippen LogP contribution in [0.1, 0.15) is 5.56 Å². The fraction of sp³-hybridized carbons (Fsp3) is 0.143. The first-order valence-corrected chi connectivity index (χ1v) is 3.40. The Morgan fingerprint density at radius 3 is 1.60 bits per heavy atom. The Labute approximate surface area is 109 Å². The predicted molar refractivity (Wildman–Crippen MR) is 36.8 cm³/mol. The standard InChI is InChI=1S/C7H4BF3O2.2Li/c9-7(10,11)5-1-3-6(4-2-5)8(12)13;;/h1-4H;;/q-2;2*+1. The van der Waals surface area contributed by atoms with Crippen LogP contribution in [0, 0.1) is 0 Å². The van der Waals surface area contributed by atoms with Gasteiger partial charge in [-0.25, -0.2) is 0 Å². The molecule has 0 amide bonds. The van der Waals surface area contributed by atoms with Crippen molar-refractivity contribution in [3.05, 3.63) is 29.8 Å². The number of alkyl halides is 3. The molecule has 0 aliphatic carbocycles. The Balaban J connectivity index is 0. The van der Waals surface area contributed by atoms with Gasteiger partial charge in [0.25, 0.3) is 0 Å². The van der Waals surface area contributed by atoms with E-state index in [1.807, 2.05) is 0 Å². The molecule has 0 fully saturated rings. The average molecular weight is 202 g/mol. The number of benzene rings is 1. The van der Waals surface area contributed by atoms with Gasteiger partial charge in [-0.15, -0.1) is 5.46 Å². The molecule has 0 unspecified atom stereocenters. The molecule has 0 saturated carbocycles. The van der Waals surface area contributed by atoms with Crippen LogP contribution in [0.2, 0.25) is 0 Å². The Morgan fingerprint density at radius 2 is 1.33 bits per heavy atom. The third kappa shape index (κ3) is 5.17. The van der Waals surface area contributed by atoms with Gasteiger partial charge in [0, 0.05) is 0 Å². The van der Waals surface area contributed by atoms with Crippen LogP contribution >= 0.6 is 0 Å². The van der Waals surface area contributed by atoms with E-state index < -0.39 is 18.9 Å². The van der Waals surface area contributed by atoms with E-state index in [-0.39, 0.29) is 43.2 Å². The Morgan fingerprint density at radius 1 is 0.933 bits per heavy atom. The summed E-state index contributed by atoms with van der Waals surface area (Å²) in [4.78, 5) is 0. The fourth-order valence-corrected chi connectivity index (χ4v) is 0.829. The summed E-state index contributed by atoms with van der Waals surface area (Å²) >= 11 is 0. The van der Waals surface area contributed by atoms with E-state index in [0.29, 0.717) is 0 Å². The molecular weight excluding hydrogens is 198 g/mol. The summed E-state index contributed by atoms with van der Waals surface area (Å²) < 4.78 is 35.9. The molecule has 0 aliphatic rings. The molecule has 0 spiro atoms. The maximum Gasteiger partial charge on any atom is 1.00 e. The third-order valence-electron chi connectivity index (χ3n) is 1.51. The summed E-state index contributed by atoms with van der Waals surface area (Å²) in [6.45, 7) is 0. The SMILES string of the molecule is [Li+].[Li+].[O-]B([O-])c1ccc(C(F)(F)F)cc1. The van der Waals surface area contributed by atoms with Crippen LogP contribution in [0.4, 0.5) is 13.2 Å². The number of rotatable bonds is 1. The number of hydrogen-bond donors (Lipinski definition) is 0. The van der Waals surface area contributed by atoms with Gasteiger partial charge in [0.2, 0.25) is 0 Å². The number of halogens is 3. The molecule has 0 bridgehead atoms. The molecule has 70 valence electrons. The molecule has 2 nitrogen and oxygen atoms in total. The van der Waals surface area contributed by atoms with Crippen molar-refractivity contribution in [2.45, 2.75) is 6.18 Å². The van der Waals surface area contributed by atoms with E-state index in [0.717, 1.165) is 24.3 Å². The first-order chi connectivity index (χ1) is 5.91. The van der Waals surface area contributed by atoms with Crippen LogP contribution in [-0.4, -0.2) is 7.12 Å². The van der Waals surface area contributed by atoms with Crippen molar-refractivity contribution in [1.82, 2.24) is 0 Å². The summed E-state index contributed by atoms with van der Waals surface area (Å²) in [5.74, 6) is 0. The van der Waals surface area contributed by atoms with Crippen molar-refractivity contribution in [2.75, 3.05) is 0 Å². The molecule has 0 radical (unpaired) electrons. The van der Waals surface area contributed by atoms with E-state index >= 15 is 0 Å². The molecule has 8 heteroatoms. The molecule has 15 heavy (non-hydrogen) atoms. The topological polar surface area (TPSA) is 46.1 Å². The van der Waals surface area contributed by atoms with Gasteiger partial charge in [-0.2, -0.15) is 13.2 Å². The van der Waals surface area contributed by atoms with Gasteiger partial charge in [0.05, 0.1) is 5.56 Å². The van der Waals surface area contributed by atoms with Crippen LogP contribution in [0.3, 0.4) is 0 Å². The molecule has 0 saturated heterocycles. The second kappa shape index (κ2) is 6.70. The van der Waals surface area contributed by atoms with Crippen molar-refractivity contribution >= 4 is 12.6 Å². The van der Waals surface area contributed by atoms with Crippen molar-refractivity contribution in [1.29, 1.82) is 0 Å². The van der Waals surface area contributed by atoms with Gasteiger partial charge >= 0.3 is 43.9 Å². The first kappa shape index (κ1) is 17.6. The fourth-order valence-electron chi connectivity index (χ4n) is 0.829. The minimum Gasteiger partial charge on any atom is -0.889 e. The molecule has 0 N–H and O–H groups in total. The zero-order chi connectivity index (χ0) is 10.1. The molecule has 0 heterocycles. The molecule has 0 aromatic heterocycles. The zero-order valence-corrected chi connectivity index (χ0v) is 8.34. The van der Waals surface area contributed by atoms with Gasteiger partial charge in [0.15, 0.2) is 0 Å². The van der Waals surface area contributed by atoms with E-state index in [1.165, 1.54) is 0 Å². The van der Waals surface area contributed by atoms with Gasteiger partial charge < -0.3 is 10.0 Å². The third-order valence-corrected chi connectivity index (χ3v) is 1.51. The molecule has 0 aliphatic heterocycles. The first-order valence-electron chi connectivity index (χ1n) is 3.40. The minimum atomic E-state index is -4.43. The van der Waals surface area contributed by atoms with Gasteiger partial charge in [-0.3, -0.25) is 0 Å². The van der Waals surface area contributed by atoms with Crippen molar-refractivity contribution < 1.29 is 60.9 Å². The normalized spacial score (nSPS) is 9.93. The largest absolute Gasteiger partial charge is 1.00 e. The quantitative estimate of drug-likeness (QED) is 0.425.